The minimum atomic E-state index is -0.957. The smallest absolute Gasteiger partial charge is 0.304 e. The van der Waals surface area contributed by atoms with Gasteiger partial charge in [0.1, 0.15) is 0 Å². The van der Waals surface area contributed by atoms with Crippen LogP contribution in [0.15, 0.2) is 18.2 Å². The van der Waals surface area contributed by atoms with E-state index in [9.17, 15) is 9.18 Å². The zero-order valence-corrected chi connectivity index (χ0v) is 8.94. The van der Waals surface area contributed by atoms with Crippen LogP contribution in [0.3, 0.4) is 0 Å². The number of ether oxygens (including phenoxy) is 1. The van der Waals surface area contributed by atoms with Gasteiger partial charge in [-0.2, -0.15) is 0 Å². The largest absolute Gasteiger partial charge is 0.494 e. The van der Waals surface area contributed by atoms with Gasteiger partial charge < -0.3 is 15.6 Å². The molecular formula is C11H14FNO3. The highest BCUT2D eigenvalue weighted by atomic mass is 19.1. The van der Waals surface area contributed by atoms with Crippen molar-refractivity contribution in [3.05, 3.63) is 29.6 Å². The molecular weight excluding hydrogens is 213 g/mol. The fraction of sp³-hybridized carbons (Fsp3) is 0.364. The third-order valence-corrected chi connectivity index (χ3v) is 2.15. The van der Waals surface area contributed by atoms with Crippen molar-refractivity contribution in [1.82, 2.24) is 0 Å². The number of halogens is 1. The third-order valence-electron chi connectivity index (χ3n) is 2.15. The summed E-state index contributed by atoms with van der Waals surface area (Å²) in [6, 6.07) is 3.97. The molecule has 1 aromatic carbocycles. The monoisotopic (exact) mass is 227 g/mol. The average molecular weight is 227 g/mol. The molecule has 0 aliphatic carbocycles. The third kappa shape index (κ3) is 3.51. The van der Waals surface area contributed by atoms with Crippen LogP contribution in [-0.4, -0.2) is 24.2 Å². The summed E-state index contributed by atoms with van der Waals surface area (Å²) in [4.78, 5) is 10.4. The van der Waals surface area contributed by atoms with Crippen molar-refractivity contribution < 1.29 is 19.0 Å². The number of methoxy groups -OCH3 is 1. The summed E-state index contributed by atoms with van der Waals surface area (Å²) >= 11 is 0. The van der Waals surface area contributed by atoms with Crippen molar-refractivity contribution in [3.63, 3.8) is 0 Å². The molecule has 0 heterocycles. The van der Waals surface area contributed by atoms with Gasteiger partial charge in [-0.05, 0) is 24.1 Å². The molecule has 0 saturated heterocycles. The highest BCUT2D eigenvalue weighted by Crippen LogP contribution is 2.18. The van der Waals surface area contributed by atoms with E-state index in [1.807, 2.05) is 0 Å². The van der Waals surface area contributed by atoms with Crippen LogP contribution in [0.25, 0.3) is 0 Å². The first-order chi connectivity index (χ1) is 7.52. The first-order valence-corrected chi connectivity index (χ1v) is 4.82. The molecule has 0 radical (unpaired) electrons. The van der Waals surface area contributed by atoms with Gasteiger partial charge >= 0.3 is 5.97 Å². The van der Waals surface area contributed by atoms with E-state index in [0.717, 1.165) is 0 Å². The topological polar surface area (TPSA) is 72.5 Å². The van der Waals surface area contributed by atoms with Gasteiger partial charge in [0.15, 0.2) is 11.6 Å². The van der Waals surface area contributed by atoms with Gasteiger partial charge in [-0.1, -0.05) is 6.07 Å². The molecule has 3 N–H and O–H groups in total. The maximum absolute atomic E-state index is 13.3. The Hall–Kier alpha value is -1.62. The predicted octanol–water partition coefficient (Wildman–Crippen LogP) is 1.18. The van der Waals surface area contributed by atoms with Crippen molar-refractivity contribution in [2.75, 3.05) is 7.11 Å². The van der Waals surface area contributed by atoms with Crippen LogP contribution < -0.4 is 10.5 Å². The second-order valence-corrected chi connectivity index (χ2v) is 3.53. The summed E-state index contributed by atoms with van der Waals surface area (Å²) in [7, 11) is 1.38. The van der Waals surface area contributed by atoms with Crippen LogP contribution in [0.2, 0.25) is 0 Å². The molecule has 0 aliphatic rings. The lowest BCUT2D eigenvalue weighted by Gasteiger charge is -2.09. The number of aliphatic carboxylic acids is 1. The summed E-state index contributed by atoms with van der Waals surface area (Å²) in [5, 5.41) is 8.52. The number of hydrogen-bond donors (Lipinski definition) is 2. The Morgan fingerprint density at radius 2 is 2.31 bits per heavy atom. The molecule has 16 heavy (non-hydrogen) atoms. The Bertz CT molecular complexity index is 381. The van der Waals surface area contributed by atoms with Gasteiger partial charge in [0.05, 0.1) is 13.5 Å². The van der Waals surface area contributed by atoms with Crippen LogP contribution in [-0.2, 0) is 11.2 Å². The minimum absolute atomic E-state index is 0.131. The Kier molecular flexibility index (Phi) is 4.25. The van der Waals surface area contributed by atoms with E-state index in [1.165, 1.54) is 19.2 Å². The second-order valence-electron chi connectivity index (χ2n) is 3.53. The molecule has 4 nitrogen and oxygen atoms in total. The summed E-state index contributed by atoms with van der Waals surface area (Å²) in [5.41, 5.74) is 6.25. The molecule has 1 unspecified atom stereocenters. The lowest BCUT2D eigenvalue weighted by molar-refractivity contribution is -0.137. The van der Waals surface area contributed by atoms with Gasteiger partial charge in [-0.25, -0.2) is 4.39 Å². The molecule has 1 atom stereocenters. The van der Waals surface area contributed by atoms with Gasteiger partial charge in [-0.15, -0.1) is 0 Å². The summed E-state index contributed by atoms with van der Waals surface area (Å²) < 4.78 is 18.1. The van der Waals surface area contributed by atoms with Crippen LogP contribution >= 0.6 is 0 Å². The highest BCUT2D eigenvalue weighted by molar-refractivity contribution is 5.67. The standard InChI is InChI=1S/C11H14FNO3/c1-16-10-3-2-7(5-9(10)12)4-8(13)6-11(14)15/h2-3,5,8H,4,6,13H2,1H3,(H,14,15). The number of rotatable bonds is 5. The first-order valence-electron chi connectivity index (χ1n) is 4.82. The molecule has 88 valence electrons. The lowest BCUT2D eigenvalue weighted by atomic mass is 10.0. The average Bonchev–Trinajstić information content (AvgIpc) is 2.16. The highest BCUT2D eigenvalue weighted by Gasteiger charge is 2.10. The summed E-state index contributed by atoms with van der Waals surface area (Å²) in [5.74, 6) is -1.26. The van der Waals surface area contributed by atoms with Crippen molar-refractivity contribution in [1.29, 1.82) is 0 Å². The molecule has 0 amide bonds. The molecule has 0 bridgehead atoms. The summed E-state index contributed by atoms with van der Waals surface area (Å²) in [6.07, 6.45) is 0.195. The number of benzene rings is 1. The number of carbonyl (C=O) groups is 1. The van der Waals surface area contributed by atoms with Crippen LogP contribution in [0.4, 0.5) is 4.39 Å². The maximum atomic E-state index is 13.3. The second kappa shape index (κ2) is 5.46. The number of carboxylic acid groups (broad SMARTS) is 1. The molecule has 0 fully saturated rings. The Morgan fingerprint density at radius 1 is 1.62 bits per heavy atom. The minimum Gasteiger partial charge on any atom is -0.494 e. The molecule has 1 aromatic rings. The fourth-order valence-electron chi connectivity index (χ4n) is 1.44. The molecule has 0 aromatic heterocycles. The zero-order chi connectivity index (χ0) is 12.1. The maximum Gasteiger partial charge on any atom is 0.304 e. The van der Waals surface area contributed by atoms with Gasteiger partial charge in [-0.3, -0.25) is 4.79 Å². The van der Waals surface area contributed by atoms with Crippen LogP contribution in [0.5, 0.6) is 5.75 Å². The van der Waals surface area contributed by atoms with Gasteiger partial charge in [0, 0.05) is 6.04 Å². The van der Waals surface area contributed by atoms with E-state index in [0.29, 0.717) is 12.0 Å². The Balaban J connectivity index is 2.67. The van der Waals surface area contributed by atoms with Crippen molar-refractivity contribution >= 4 is 5.97 Å². The first kappa shape index (κ1) is 12.4. The number of nitrogens with two attached hydrogens (primary N) is 1. The summed E-state index contributed by atoms with van der Waals surface area (Å²) in [6.45, 7) is 0. The van der Waals surface area contributed by atoms with Crippen molar-refractivity contribution in [2.24, 2.45) is 5.73 Å². The molecule has 1 rings (SSSR count). The van der Waals surface area contributed by atoms with Crippen molar-refractivity contribution in [3.8, 4) is 5.75 Å². The van der Waals surface area contributed by atoms with E-state index in [2.05, 4.69) is 0 Å². The molecule has 5 heteroatoms. The van der Waals surface area contributed by atoms with Gasteiger partial charge in [0.2, 0.25) is 0 Å². The predicted molar refractivity (Wildman–Crippen MR) is 56.9 cm³/mol. The van der Waals surface area contributed by atoms with E-state index in [4.69, 9.17) is 15.6 Å². The van der Waals surface area contributed by atoms with Crippen LogP contribution in [0.1, 0.15) is 12.0 Å². The molecule has 0 saturated carbocycles. The van der Waals surface area contributed by atoms with Crippen molar-refractivity contribution in [2.45, 2.75) is 18.9 Å². The molecule has 0 spiro atoms. The number of hydrogen-bond acceptors (Lipinski definition) is 3. The fourth-order valence-corrected chi connectivity index (χ4v) is 1.44. The SMILES string of the molecule is COc1ccc(CC(N)CC(=O)O)cc1F. The number of carboxylic acids is 1. The Labute approximate surface area is 92.8 Å². The van der Waals surface area contributed by atoms with E-state index in [-0.39, 0.29) is 12.2 Å². The van der Waals surface area contributed by atoms with E-state index < -0.39 is 17.8 Å². The zero-order valence-electron chi connectivity index (χ0n) is 8.94. The van der Waals surface area contributed by atoms with Gasteiger partial charge in [0.25, 0.3) is 0 Å². The lowest BCUT2D eigenvalue weighted by Crippen LogP contribution is -2.26. The normalized spacial score (nSPS) is 12.2. The quantitative estimate of drug-likeness (QED) is 0.792. The molecule has 0 aliphatic heterocycles. The van der Waals surface area contributed by atoms with E-state index >= 15 is 0 Å². The van der Waals surface area contributed by atoms with E-state index in [1.54, 1.807) is 6.07 Å². The Morgan fingerprint density at radius 3 is 2.81 bits per heavy atom. The van der Waals surface area contributed by atoms with Crippen LogP contribution in [0, 0.1) is 5.82 Å².